The van der Waals surface area contributed by atoms with E-state index in [2.05, 4.69) is 4.99 Å². The summed E-state index contributed by atoms with van der Waals surface area (Å²) in [4.78, 5) is 29.3. The van der Waals surface area contributed by atoms with E-state index in [0.717, 1.165) is 11.3 Å². The second-order valence-corrected chi connectivity index (χ2v) is 4.07. The van der Waals surface area contributed by atoms with Gasteiger partial charge in [0.25, 0.3) is 0 Å². The number of nitrogens with zero attached hydrogens (tertiary/aromatic N) is 2. The van der Waals surface area contributed by atoms with Gasteiger partial charge >= 0.3 is 0 Å². The van der Waals surface area contributed by atoms with Crippen molar-refractivity contribution in [3.05, 3.63) is 42.1 Å². The Labute approximate surface area is 98.3 Å². The van der Waals surface area contributed by atoms with Gasteiger partial charge in [-0.2, -0.15) is 0 Å². The Morgan fingerprint density at radius 1 is 1.18 bits per heavy atom. The minimum atomic E-state index is -0.646. The number of benzene rings is 1. The van der Waals surface area contributed by atoms with Gasteiger partial charge in [0.15, 0.2) is 5.78 Å². The number of anilines is 1. The third kappa shape index (κ3) is 1.49. The standard InChI is InChI=1S/C13H10N2O2/c16-11-8-15(10-4-2-1-3-5-10)13(17)12(11)9-6-14-7-9/h1-7,12H,8H2. The smallest absolute Gasteiger partial charge is 0.242 e. The molecule has 0 bridgehead atoms. The Morgan fingerprint density at radius 2 is 1.88 bits per heavy atom. The summed E-state index contributed by atoms with van der Waals surface area (Å²) < 4.78 is 0. The maximum Gasteiger partial charge on any atom is 0.242 e. The maximum absolute atomic E-state index is 12.2. The van der Waals surface area contributed by atoms with Gasteiger partial charge in [0.1, 0.15) is 5.92 Å². The lowest BCUT2D eigenvalue weighted by molar-refractivity contribution is -0.125. The fraction of sp³-hybridized carbons (Fsp3) is 0.154. The molecule has 3 rings (SSSR count). The molecular weight excluding hydrogens is 216 g/mol. The first-order valence-electron chi connectivity index (χ1n) is 5.40. The molecule has 17 heavy (non-hydrogen) atoms. The number of para-hydroxylation sites is 1. The quantitative estimate of drug-likeness (QED) is 0.711. The van der Waals surface area contributed by atoms with Crippen LogP contribution in [0, 0.1) is 5.92 Å². The summed E-state index contributed by atoms with van der Waals surface area (Å²) in [5.74, 6) is -0.859. The minimum absolute atomic E-state index is 0.0590. The molecule has 1 amide bonds. The Balaban J connectivity index is 1.91. The van der Waals surface area contributed by atoms with E-state index >= 15 is 0 Å². The predicted molar refractivity (Wildman–Crippen MR) is 63.9 cm³/mol. The lowest BCUT2D eigenvalue weighted by atomic mass is 9.96. The number of hydrogen-bond donors (Lipinski definition) is 0. The first kappa shape index (κ1) is 9.96. The summed E-state index contributed by atoms with van der Waals surface area (Å²) in [7, 11) is 0. The van der Waals surface area contributed by atoms with Crippen molar-refractivity contribution >= 4 is 23.6 Å². The lowest BCUT2D eigenvalue weighted by Gasteiger charge is -2.16. The average molecular weight is 226 g/mol. The number of Topliss-reactive ketones (excluding diaryl/α,β-unsaturated/α-hetero) is 1. The SMILES string of the molecule is O=C1CN(c2ccccc2)C(=O)C1C1=CN=C1. The van der Waals surface area contributed by atoms with E-state index in [1.54, 1.807) is 12.4 Å². The van der Waals surface area contributed by atoms with Crippen LogP contribution < -0.4 is 4.90 Å². The van der Waals surface area contributed by atoms with E-state index in [-0.39, 0.29) is 18.2 Å². The molecule has 0 aliphatic carbocycles. The molecule has 1 fully saturated rings. The van der Waals surface area contributed by atoms with E-state index in [1.807, 2.05) is 30.3 Å². The highest BCUT2D eigenvalue weighted by Crippen LogP contribution is 2.28. The zero-order chi connectivity index (χ0) is 11.8. The van der Waals surface area contributed by atoms with Crippen molar-refractivity contribution in [2.24, 2.45) is 10.9 Å². The summed E-state index contributed by atoms with van der Waals surface area (Å²) >= 11 is 0. The Bertz CT molecular complexity index is 546. The molecule has 0 N–H and O–H groups in total. The molecule has 2 aliphatic rings. The first-order valence-corrected chi connectivity index (χ1v) is 5.40. The largest absolute Gasteiger partial charge is 0.304 e. The van der Waals surface area contributed by atoms with Crippen molar-refractivity contribution < 1.29 is 9.59 Å². The van der Waals surface area contributed by atoms with Crippen molar-refractivity contribution in [3.8, 4) is 0 Å². The van der Waals surface area contributed by atoms with Crippen molar-refractivity contribution in [3.63, 3.8) is 0 Å². The van der Waals surface area contributed by atoms with Gasteiger partial charge in [-0.15, -0.1) is 0 Å². The summed E-state index contributed by atoms with van der Waals surface area (Å²) in [6.07, 6.45) is 3.16. The van der Waals surface area contributed by atoms with Crippen LogP contribution in [0.15, 0.2) is 47.1 Å². The van der Waals surface area contributed by atoms with E-state index in [9.17, 15) is 9.59 Å². The van der Waals surface area contributed by atoms with Gasteiger partial charge in [-0.05, 0) is 12.1 Å². The number of carbonyl (C=O) groups excluding carboxylic acids is 2. The van der Waals surface area contributed by atoms with Gasteiger partial charge in [0.05, 0.1) is 6.54 Å². The van der Waals surface area contributed by atoms with Crippen molar-refractivity contribution in [1.82, 2.24) is 0 Å². The number of aliphatic imine (C=N–C) groups is 1. The summed E-state index contributed by atoms with van der Waals surface area (Å²) in [6, 6.07) is 9.24. The number of amides is 1. The lowest BCUT2D eigenvalue weighted by Crippen LogP contribution is -2.28. The molecule has 1 aromatic carbocycles. The minimum Gasteiger partial charge on any atom is -0.304 e. The third-order valence-electron chi connectivity index (χ3n) is 3.00. The van der Waals surface area contributed by atoms with E-state index < -0.39 is 5.92 Å². The molecule has 2 heterocycles. The van der Waals surface area contributed by atoms with Crippen LogP contribution >= 0.6 is 0 Å². The van der Waals surface area contributed by atoms with Crippen LogP contribution in [0.3, 0.4) is 0 Å². The van der Waals surface area contributed by atoms with Crippen LogP contribution in [0.25, 0.3) is 0 Å². The molecule has 0 aromatic heterocycles. The number of ketones is 1. The topological polar surface area (TPSA) is 49.7 Å². The Kier molecular flexibility index (Phi) is 2.14. The van der Waals surface area contributed by atoms with Crippen LogP contribution in [0.1, 0.15) is 0 Å². The molecule has 0 radical (unpaired) electrons. The molecule has 1 unspecified atom stereocenters. The zero-order valence-electron chi connectivity index (χ0n) is 9.04. The number of carbonyl (C=O) groups is 2. The molecule has 1 atom stereocenters. The van der Waals surface area contributed by atoms with Gasteiger partial charge < -0.3 is 4.90 Å². The van der Waals surface area contributed by atoms with Gasteiger partial charge in [0.2, 0.25) is 5.91 Å². The number of rotatable bonds is 2. The van der Waals surface area contributed by atoms with E-state index in [4.69, 9.17) is 0 Å². The molecule has 84 valence electrons. The summed E-state index contributed by atoms with van der Waals surface area (Å²) in [5.41, 5.74) is 1.49. The van der Waals surface area contributed by atoms with Crippen molar-refractivity contribution in [2.45, 2.75) is 0 Å². The third-order valence-corrected chi connectivity index (χ3v) is 3.00. The molecule has 1 saturated heterocycles. The molecule has 0 spiro atoms. The first-order chi connectivity index (χ1) is 8.27. The van der Waals surface area contributed by atoms with E-state index in [0.29, 0.717) is 0 Å². The highest BCUT2D eigenvalue weighted by molar-refractivity contribution is 6.22. The fourth-order valence-corrected chi connectivity index (χ4v) is 2.08. The molecule has 4 heteroatoms. The molecule has 4 nitrogen and oxygen atoms in total. The van der Waals surface area contributed by atoms with Crippen LogP contribution in [0.2, 0.25) is 0 Å². The van der Waals surface area contributed by atoms with Crippen molar-refractivity contribution in [1.29, 1.82) is 0 Å². The maximum atomic E-state index is 12.2. The van der Waals surface area contributed by atoms with Crippen LogP contribution in [0.5, 0.6) is 0 Å². The molecule has 0 saturated carbocycles. The second kappa shape index (κ2) is 3.66. The fourth-order valence-electron chi connectivity index (χ4n) is 2.08. The number of hydrogen-bond acceptors (Lipinski definition) is 3. The molecule has 2 aliphatic heterocycles. The second-order valence-electron chi connectivity index (χ2n) is 4.07. The van der Waals surface area contributed by atoms with E-state index in [1.165, 1.54) is 4.90 Å². The monoisotopic (exact) mass is 226 g/mol. The summed E-state index contributed by atoms with van der Waals surface area (Å²) in [6.45, 7) is 0.151. The highest BCUT2D eigenvalue weighted by atomic mass is 16.2. The molecular formula is C13H10N2O2. The normalized spacial score (nSPS) is 22.7. The van der Waals surface area contributed by atoms with Crippen LogP contribution in [-0.4, -0.2) is 24.4 Å². The Morgan fingerprint density at radius 3 is 2.47 bits per heavy atom. The van der Waals surface area contributed by atoms with Gasteiger partial charge in [-0.1, -0.05) is 18.2 Å². The zero-order valence-corrected chi connectivity index (χ0v) is 9.04. The van der Waals surface area contributed by atoms with Gasteiger partial charge in [0, 0.05) is 23.7 Å². The summed E-state index contributed by atoms with van der Waals surface area (Å²) in [5, 5.41) is 0. The predicted octanol–water partition coefficient (Wildman–Crippen LogP) is 1.19. The van der Waals surface area contributed by atoms with Crippen molar-refractivity contribution in [2.75, 3.05) is 11.4 Å². The molecule has 1 aromatic rings. The average Bonchev–Trinajstić information content (AvgIpc) is 2.56. The van der Waals surface area contributed by atoms with Gasteiger partial charge in [-0.3, -0.25) is 14.6 Å². The Hall–Kier alpha value is -2.23. The van der Waals surface area contributed by atoms with Gasteiger partial charge in [-0.25, -0.2) is 0 Å². The van der Waals surface area contributed by atoms with Crippen LogP contribution in [0.4, 0.5) is 5.69 Å². The van der Waals surface area contributed by atoms with Crippen LogP contribution in [-0.2, 0) is 9.59 Å². The highest BCUT2D eigenvalue weighted by Gasteiger charge is 2.42.